The van der Waals surface area contributed by atoms with E-state index in [9.17, 15) is 0 Å². The largest absolute Gasteiger partial charge is 0.0654 e. The zero-order chi connectivity index (χ0) is 75.8. The fourth-order valence-electron chi connectivity index (χ4n) is 14.6. The average Bonchev–Trinajstić information content (AvgIpc) is 0.762. The maximum Gasteiger partial charge on any atom is 0.0588 e. The fraction of sp³-hybridized carbons (Fsp3) is 0.500. The van der Waals surface area contributed by atoms with Gasteiger partial charge in [-0.3, -0.25) is 0 Å². The molecule has 7 aromatic rings. The van der Waals surface area contributed by atoms with Gasteiger partial charge < -0.3 is 0 Å². The Morgan fingerprint density at radius 2 is 0.241 bits per heavy atom. The van der Waals surface area contributed by atoms with Gasteiger partial charge in [0.15, 0.2) is 0 Å². The lowest BCUT2D eigenvalue weighted by Gasteiger charge is -2.13. The van der Waals surface area contributed by atoms with Crippen molar-refractivity contribution in [3.8, 4) is 71.0 Å². The summed E-state index contributed by atoms with van der Waals surface area (Å²) < 4.78 is 0. The quantitative estimate of drug-likeness (QED) is 0.0263. The topological polar surface area (TPSA) is 0 Å². The summed E-state index contributed by atoms with van der Waals surface area (Å²) in [6, 6.07) is 53.9. The van der Waals surface area contributed by atoms with Crippen molar-refractivity contribution in [2.24, 2.45) is 0 Å². The number of rotatable bonds is 48. The van der Waals surface area contributed by atoms with E-state index < -0.39 is 0 Å². The van der Waals surface area contributed by atoms with Gasteiger partial charge in [-0.1, -0.05) is 417 Å². The minimum Gasteiger partial charge on any atom is -0.0654 e. The molecule has 0 saturated heterocycles. The number of benzene rings is 7. The molecule has 0 heteroatoms. The van der Waals surface area contributed by atoms with E-state index in [2.05, 4.69) is 258 Å². The highest BCUT2D eigenvalue weighted by molar-refractivity contribution is 5.78. The van der Waals surface area contributed by atoms with E-state index in [0.29, 0.717) is 0 Å². The molecule has 0 unspecified atom stereocenters. The van der Waals surface area contributed by atoms with Crippen molar-refractivity contribution in [2.75, 3.05) is 0 Å². The van der Waals surface area contributed by atoms with Crippen LogP contribution in [-0.4, -0.2) is 0 Å². The molecular formula is C108H138. The van der Waals surface area contributed by atoms with Crippen LogP contribution in [-0.2, 0) is 38.5 Å². The molecular weight excluding hydrogens is 1300 g/mol. The first kappa shape index (κ1) is 87.1. The van der Waals surface area contributed by atoms with Crippen LogP contribution in [0.15, 0.2) is 146 Å². The van der Waals surface area contributed by atoms with E-state index in [-0.39, 0.29) is 0 Å². The van der Waals surface area contributed by atoms with Crippen LogP contribution in [0.2, 0.25) is 0 Å². The predicted octanol–water partition coefficient (Wildman–Crippen LogP) is 29.8. The van der Waals surface area contributed by atoms with Crippen molar-refractivity contribution in [3.05, 3.63) is 246 Å². The third kappa shape index (κ3) is 36.0. The standard InChI is InChI=1S/C108H138/c1-7-13-19-25-31-37-43-49-91-55-67-97(68-56-91)79-85-103-104(86-80-98-69-57-92(58-70-98)50-44-38-32-26-20-14-8-2)106(88-82-100-73-61-94(62-74-100)52-46-40-34-28-22-16-10-4)108(90-84-102-77-65-96(66-78-102)54-48-42-36-30-24-18-12-6)107(89-83-101-75-63-95(64-76-101)53-47-41-35-29-23-17-11-5)105(103)87-81-99-71-59-93(60-72-99)51-45-39-33-27-21-15-9-3/h55-78H,7-54H2,1-6H3. The second kappa shape index (κ2) is 56.2. The molecule has 0 bridgehead atoms. The van der Waals surface area contributed by atoms with Gasteiger partial charge in [-0.25, -0.2) is 0 Å². The van der Waals surface area contributed by atoms with Crippen LogP contribution in [0.3, 0.4) is 0 Å². The summed E-state index contributed by atoms with van der Waals surface area (Å²) >= 11 is 0. The van der Waals surface area contributed by atoms with E-state index >= 15 is 0 Å². The molecule has 0 spiro atoms. The minimum absolute atomic E-state index is 0.720. The van der Waals surface area contributed by atoms with E-state index in [1.165, 1.54) is 303 Å². The van der Waals surface area contributed by atoms with Gasteiger partial charge in [0.1, 0.15) is 0 Å². The molecule has 7 aromatic carbocycles. The van der Waals surface area contributed by atoms with Gasteiger partial charge in [0.05, 0.1) is 33.4 Å². The molecule has 0 aliphatic rings. The summed E-state index contributed by atoms with van der Waals surface area (Å²) in [6.45, 7) is 13.8. The highest BCUT2D eigenvalue weighted by atomic mass is 14.2. The van der Waals surface area contributed by atoms with Gasteiger partial charge in [-0.15, -0.1) is 0 Å². The third-order valence-electron chi connectivity index (χ3n) is 21.6. The van der Waals surface area contributed by atoms with E-state index in [0.717, 1.165) is 105 Å². The molecule has 570 valence electrons. The summed E-state index contributed by atoms with van der Waals surface area (Å²) in [5.74, 6) is 45.4. The maximum atomic E-state index is 3.84. The van der Waals surface area contributed by atoms with Crippen LogP contribution in [0.4, 0.5) is 0 Å². The second-order valence-corrected chi connectivity index (χ2v) is 31.2. The molecule has 0 N–H and O–H groups in total. The minimum atomic E-state index is 0.720. The smallest absolute Gasteiger partial charge is 0.0588 e. The highest BCUT2D eigenvalue weighted by Crippen LogP contribution is 2.30. The Morgan fingerprint density at radius 3 is 0.361 bits per heavy atom. The molecule has 0 aliphatic heterocycles. The average molecular weight is 1440 g/mol. The Balaban J connectivity index is 1.46. The molecule has 0 radical (unpaired) electrons. The number of hydrogen-bond donors (Lipinski definition) is 0. The molecule has 0 saturated carbocycles. The Hall–Kier alpha value is -8.10. The van der Waals surface area contributed by atoms with Crippen LogP contribution < -0.4 is 0 Å². The molecule has 0 aliphatic carbocycles. The van der Waals surface area contributed by atoms with Gasteiger partial charge in [-0.2, -0.15) is 0 Å². The summed E-state index contributed by atoms with van der Waals surface area (Å²) in [6.07, 6.45) is 60.8. The maximum absolute atomic E-state index is 3.84. The summed E-state index contributed by atoms with van der Waals surface area (Å²) in [5.41, 5.74) is 18.1. The van der Waals surface area contributed by atoms with Gasteiger partial charge in [-0.05, 0) is 183 Å². The molecule has 0 amide bonds. The zero-order valence-electron chi connectivity index (χ0n) is 68.8. The van der Waals surface area contributed by atoms with Crippen molar-refractivity contribution in [1.82, 2.24) is 0 Å². The van der Waals surface area contributed by atoms with Crippen LogP contribution in [0.5, 0.6) is 0 Å². The highest BCUT2D eigenvalue weighted by Gasteiger charge is 2.21. The summed E-state index contributed by atoms with van der Waals surface area (Å²) in [7, 11) is 0. The van der Waals surface area contributed by atoms with Crippen LogP contribution in [0.25, 0.3) is 0 Å². The Kier molecular flexibility index (Phi) is 45.3. The van der Waals surface area contributed by atoms with Gasteiger partial charge in [0, 0.05) is 33.4 Å². The molecule has 0 atom stereocenters. The molecule has 0 fully saturated rings. The van der Waals surface area contributed by atoms with E-state index in [4.69, 9.17) is 0 Å². The predicted molar refractivity (Wildman–Crippen MR) is 471 cm³/mol. The van der Waals surface area contributed by atoms with Crippen molar-refractivity contribution < 1.29 is 0 Å². The van der Waals surface area contributed by atoms with E-state index in [1.807, 2.05) is 0 Å². The van der Waals surface area contributed by atoms with Crippen molar-refractivity contribution in [2.45, 2.75) is 350 Å². The first-order valence-electron chi connectivity index (χ1n) is 44.3. The normalized spacial score (nSPS) is 10.7. The van der Waals surface area contributed by atoms with Crippen molar-refractivity contribution in [3.63, 3.8) is 0 Å². The first-order valence-corrected chi connectivity index (χ1v) is 44.3. The molecule has 108 heavy (non-hydrogen) atoms. The molecule has 0 heterocycles. The Labute approximate surface area is 662 Å². The third-order valence-corrected chi connectivity index (χ3v) is 21.6. The first-order chi connectivity index (χ1) is 53.4. The lowest BCUT2D eigenvalue weighted by atomic mass is 9.86. The zero-order valence-corrected chi connectivity index (χ0v) is 68.8. The fourth-order valence-corrected chi connectivity index (χ4v) is 14.6. The second-order valence-electron chi connectivity index (χ2n) is 31.2. The number of hydrogen-bond acceptors (Lipinski definition) is 0. The summed E-state index contributed by atoms with van der Waals surface area (Å²) in [5, 5.41) is 0. The Bertz CT molecular complexity index is 3270. The van der Waals surface area contributed by atoms with Gasteiger partial charge in [0.25, 0.3) is 0 Å². The summed E-state index contributed by atoms with van der Waals surface area (Å²) in [4.78, 5) is 0. The number of unbranched alkanes of at least 4 members (excludes halogenated alkanes) is 36. The van der Waals surface area contributed by atoms with Gasteiger partial charge in [0.2, 0.25) is 0 Å². The number of aryl methyl sites for hydroxylation is 6. The van der Waals surface area contributed by atoms with Crippen molar-refractivity contribution in [1.29, 1.82) is 0 Å². The lowest BCUT2D eigenvalue weighted by Crippen LogP contribution is -2.05. The monoisotopic (exact) mass is 1440 g/mol. The van der Waals surface area contributed by atoms with E-state index in [1.54, 1.807) is 0 Å². The van der Waals surface area contributed by atoms with Crippen molar-refractivity contribution >= 4 is 0 Å². The van der Waals surface area contributed by atoms with Crippen LogP contribution >= 0.6 is 0 Å². The Morgan fingerprint density at radius 1 is 0.130 bits per heavy atom. The molecule has 7 rings (SSSR count). The van der Waals surface area contributed by atoms with Crippen LogP contribution in [0.1, 0.15) is 411 Å². The molecule has 0 aromatic heterocycles. The lowest BCUT2D eigenvalue weighted by molar-refractivity contribution is 0.589. The molecule has 0 nitrogen and oxygen atoms in total. The van der Waals surface area contributed by atoms with Crippen LogP contribution in [0, 0.1) is 71.0 Å². The van der Waals surface area contributed by atoms with Gasteiger partial charge >= 0.3 is 0 Å². The SMILES string of the molecule is CCCCCCCCCc1ccc(C#Cc2c(C#Cc3ccc(CCCCCCCCC)cc3)c(C#Cc3ccc(CCCCCCCCC)cc3)c(C#Cc3ccc(CCCCCCCCC)cc3)c(C#Cc3ccc(CCCCCCCCC)cc3)c2C#Cc2ccc(CCCCCCCCC)cc2)cc1.